The Hall–Kier alpha value is -0.410. The molecule has 120 valence electrons. The number of hydrogen-bond acceptors (Lipinski definition) is 5. The molecule has 2 rings (SSSR count). The van der Waals surface area contributed by atoms with E-state index in [0.29, 0.717) is 6.54 Å². The fourth-order valence-electron chi connectivity index (χ4n) is 2.46. The number of halogens is 1. The Bertz CT molecular complexity index is 567. The normalized spacial score (nSPS) is 18.8. The number of aliphatic hydroxyl groups excluding tert-OH is 1. The van der Waals surface area contributed by atoms with Gasteiger partial charge in [0.25, 0.3) is 0 Å². The Kier molecular flexibility index (Phi) is 5.84. The van der Waals surface area contributed by atoms with Gasteiger partial charge in [-0.25, -0.2) is 13.1 Å². The largest absolute Gasteiger partial charge is 0.450 e. The van der Waals surface area contributed by atoms with Gasteiger partial charge in [0.1, 0.15) is 17.3 Å². The Morgan fingerprint density at radius 1 is 1.43 bits per heavy atom. The van der Waals surface area contributed by atoms with Crippen LogP contribution in [0.25, 0.3) is 0 Å². The minimum absolute atomic E-state index is 0.0254. The third-order valence-corrected chi connectivity index (χ3v) is 6.02. The smallest absolute Gasteiger partial charge is 0.245 e. The highest BCUT2D eigenvalue weighted by molar-refractivity contribution is 9.10. The number of furan rings is 1. The molecular formula is C13H21BrN2O4S. The van der Waals surface area contributed by atoms with Crippen LogP contribution in [0.2, 0.25) is 0 Å². The average Bonchev–Trinajstić information content (AvgIpc) is 2.88. The van der Waals surface area contributed by atoms with E-state index in [1.165, 1.54) is 25.3 Å². The molecule has 0 saturated carbocycles. The number of rotatable bonds is 6. The van der Waals surface area contributed by atoms with Crippen molar-refractivity contribution < 1.29 is 17.9 Å². The van der Waals surface area contributed by atoms with Crippen molar-refractivity contribution in [3.8, 4) is 0 Å². The summed E-state index contributed by atoms with van der Waals surface area (Å²) >= 11 is 3.07. The lowest BCUT2D eigenvalue weighted by atomic mass is 10.1. The fraction of sp³-hybridized carbons (Fsp3) is 0.692. The first-order chi connectivity index (χ1) is 9.94. The minimum atomic E-state index is -3.64. The van der Waals surface area contributed by atoms with Crippen molar-refractivity contribution in [2.24, 2.45) is 0 Å². The first-order valence-corrected chi connectivity index (χ1v) is 9.34. The summed E-state index contributed by atoms with van der Waals surface area (Å²) < 4.78 is 32.4. The molecule has 2 N–H and O–H groups in total. The summed E-state index contributed by atoms with van der Waals surface area (Å²) in [5, 5.41) is 8.99. The van der Waals surface area contributed by atoms with Crippen LogP contribution in [0, 0.1) is 0 Å². The zero-order valence-electron chi connectivity index (χ0n) is 12.0. The fourth-order valence-corrected chi connectivity index (χ4v) is 4.57. The van der Waals surface area contributed by atoms with Crippen LogP contribution in [0.15, 0.2) is 20.0 Å². The maximum atomic E-state index is 12.3. The van der Waals surface area contributed by atoms with Gasteiger partial charge in [-0.1, -0.05) is 6.42 Å². The number of hydrogen-bond donors (Lipinski definition) is 2. The number of nitrogens with zero attached hydrogens (tertiary/aromatic N) is 1. The van der Waals surface area contributed by atoms with Crippen molar-refractivity contribution >= 4 is 26.0 Å². The molecule has 1 fully saturated rings. The Balaban J connectivity index is 1.98. The molecule has 1 aromatic rings. The van der Waals surface area contributed by atoms with E-state index < -0.39 is 10.0 Å². The first kappa shape index (κ1) is 17.0. The zero-order valence-corrected chi connectivity index (χ0v) is 14.4. The predicted molar refractivity (Wildman–Crippen MR) is 82.4 cm³/mol. The summed E-state index contributed by atoms with van der Waals surface area (Å²) in [6, 6.07) is 1.49. The first-order valence-electron chi connectivity index (χ1n) is 7.07. The van der Waals surface area contributed by atoms with E-state index in [-0.39, 0.29) is 28.0 Å². The predicted octanol–water partition coefficient (Wildman–Crippen LogP) is 1.69. The monoisotopic (exact) mass is 380 g/mol. The number of likely N-dealkylation sites (tertiary alicyclic amines) is 1. The van der Waals surface area contributed by atoms with E-state index in [2.05, 4.69) is 25.6 Å². The SMILES string of the molecule is CC(CNS(=O)(=O)c1cc(CO)oc1Br)N1CCCCC1. The van der Waals surface area contributed by atoms with Gasteiger partial charge in [0.2, 0.25) is 10.0 Å². The number of nitrogens with one attached hydrogen (secondary N) is 1. The van der Waals surface area contributed by atoms with Gasteiger partial charge in [-0.3, -0.25) is 4.90 Å². The van der Waals surface area contributed by atoms with Crippen molar-refractivity contribution in [3.05, 3.63) is 16.5 Å². The van der Waals surface area contributed by atoms with E-state index in [1.807, 2.05) is 6.92 Å². The molecule has 0 radical (unpaired) electrons. The molecule has 1 aliphatic rings. The second-order valence-corrected chi connectivity index (χ2v) is 7.76. The van der Waals surface area contributed by atoms with E-state index >= 15 is 0 Å². The molecule has 1 atom stereocenters. The molecule has 0 bridgehead atoms. The lowest BCUT2D eigenvalue weighted by molar-refractivity contribution is 0.175. The molecule has 0 aliphatic carbocycles. The summed E-state index contributed by atoms with van der Waals surface area (Å²) in [6.07, 6.45) is 3.59. The van der Waals surface area contributed by atoms with E-state index in [0.717, 1.165) is 13.1 Å². The molecule has 0 aromatic carbocycles. The number of sulfonamides is 1. The molecule has 1 saturated heterocycles. The van der Waals surface area contributed by atoms with E-state index in [9.17, 15) is 8.42 Å². The van der Waals surface area contributed by atoms with Crippen LogP contribution < -0.4 is 4.72 Å². The maximum absolute atomic E-state index is 12.3. The van der Waals surface area contributed by atoms with Crippen molar-refractivity contribution in [3.63, 3.8) is 0 Å². The topological polar surface area (TPSA) is 82.8 Å². The van der Waals surface area contributed by atoms with Gasteiger partial charge in [-0.15, -0.1) is 0 Å². The Morgan fingerprint density at radius 3 is 2.67 bits per heavy atom. The lowest BCUT2D eigenvalue weighted by Gasteiger charge is -2.32. The van der Waals surface area contributed by atoms with Crippen LogP contribution in [-0.4, -0.2) is 44.1 Å². The minimum Gasteiger partial charge on any atom is -0.450 e. The molecule has 1 unspecified atom stereocenters. The summed E-state index contributed by atoms with van der Waals surface area (Å²) in [5.74, 6) is 0.214. The Labute approximate surface area is 133 Å². The summed E-state index contributed by atoms with van der Waals surface area (Å²) in [5.41, 5.74) is 0. The highest BCUT2D eigenvalue weighted by atomic mass is 79.9. The molecule has 21 heavy (non-hydrogen) atoms. The quantitative estimate of drug-likeness (QED) is 0.784. The van der Waals surface area contributed by atoms with Gasteiger partial charge in [0, 0.05) is 18.7 Å². The molecule has 0 spiro atoms. The molecule has 8 heteroatoms. The van der Waals surface area contributed by atoms with Crippen molar-refractivity contribution in [2.75, 3.05) is 19.6 Å². The zero-order chi connectivity index (χ0) is 15.5. The van der Waals surface area contributed by atoms with E-state index in [1.54, 1.807) is 0 Å². The second kappa shape index (κ2) is 7.23. The molecule has 1 aromatic heterocycles. The third kappa shape index (κ3) is 4.29. The summed E-state index contributed by atoms with van der Waals surface area (Å²) in [7, 11) is -3.64. The van der Waals surface area contributed by atoms with E-state index in [4.69, 9.17) is 9.52 Å². The molecular weight excluding hydrogens is 360 g/mol. The van der Waals surface area contributed by atoms with Crippen LogP contribution in [-0.2, 0) is 16.6 Å². The summed E-state index contributed by atoms with van der Waals surface area (Å²) in [4.78, 5) is 2.33. The maximum Gasteiger partial charge on any atom is 0.245 e. The lowest BCUT2D eigenvalue weighted by Crippen LogP contribution is -2.44. The van der Waals surface area contributed by atoms with Crippen LogP contribution in [0.5, 0.6) is 0 Å². The van der Waals surface area contributed by atoms with Gasteiger partial charge in [0.15, 0.2) is 4.67 Å². The summed E-state index contributed by atoms with van der Waals surface area (Å²) in [6.45, 7) is 4.09. The van der Waals surface area contributed by atoms with Gasteiger partial charge >= 0.3 is 0 Å². The average molecular weight is 381 g/mol. The van der Waals surface area contributed by atoms with Gasteiger partial charge in [0.05, 0.1) is 0 Å². The van der Waals surface area contributed by atoms with Crippen LogP contribution >= 0.6 is 15.9 Å². The van der Waals surface area contributed by atoms with Gasteiger partial charge in [-0.05, 0) is 48.8 Å². The van der Waals surface area contributed by atoms with Crippen LogP contribution in [0.3, 0.4) is 0 Å². The van der Waals surface area contributed by atoms with Crippen LogP contribution in [0.1, 0.15) is 31.9 Å². The van der Waals surface area contributed by atoms with Gasteiger partial charge in [-0.2, -0.15) is 0 Å². The third-order valence-electron chi connectivity index (χ3n) is 3.73. The molecule has 2 heterocycles. The molecule has 6 nitrogen and oxygen atoms in total. The van der Waals surface area contributed by atoms with Gasteiger partial charge < -0.3 is 9.52 Å². The number of piperidine rings is 1. The van der Waals surface area contributed by atoms with Crippen molar-refractivity contribution in [2.45, 2.75) is 43.7 Å². The van der Waals surface area contributed by atoms with Crippen molar-refractivity contribution in [1.82, 2.24) is 9.62 Å². The second-order valence-electron chi connectivity index (χ2n) is 5.31. The van der Waals surface area contributed by atoms with Crippen molar-refractivity contribution in [1.29, 1.82) is 0 Å². The van der Waals surface area contributed by atoms with Crippen LogP contribution in [0.4, 0.5) is 0 Å². The highest BCUT2D eigenvalue weighted by Gasteiger charge is 2.24. The molecule has 0 amide bonds. The highest BCUT2D eigenvalue weighted by Crippen LogP contribution is 2.26. The standard InChI is InChI=1S/C13H21BrN2O4S/c1-10(16-5-3-2-4-6-16)8-15-21(18,19)12-7-11(9-17)20-13(12)14/h7,10,15,17H,2-6,8-9H2,1H3. The number of aliphatic hydroxyl groups is 1. The molecule has 1 aliphatic heterocycles. The Morgan fingerprint density at radius 2 is 2.10 bits per heavy atom.